The minimum absolute atomic E-state index is 0.0622. The molecule has 16 heavy (non-hydrogen) atoms. The van der Waals surface area contributed by atoms with Gasteiger partial charge < -0.3 is 0 Å². The smallest absolute Gasteiger partial charge is 0.138 e. The Morgan fingerprint density at radius 2 is 1.69 bits per heavy atom. The topological polar surface area (TPSA) is 39.3 Å². The zero-order valence-corrected chi connectivity index (χ0v) is 10.8. The van der Waals surface area contributed by atoms with Gasteiger partial charge in [-0.1, -0.05) is 12.8 Å². The van der Waals surface area contributed by atoms with Crippen LogP contribution >= 0.6 is 0 Å². The second kappa shape index (κ2) is 5.00. The van der Waals surface area contributed by atoms with Crippen LogP contribution in [0, 0.1) is 5.92 Å². The summed E-state index contributed by atoms with van der Waals surface area (Å²) < 4.78 is 0. The molecule has 0 bridgehead atoms. The number of piperidine rings is 1. The highest BCUT2D eigenvalue weighted by Gasteiger charge is 2.45. The summed E-state index contributed by atoms with van der Waals surface area (Å²) in [5, 5.41) is 9.32. The lowest BCUT2D eigenvalue weighted by Crippen LogP contribution is -2.74. The third kappa shape index (κ3) is 1.88. The number of nitrogens with zero attached hydrogens (tertiary/aromatic N) is 1. The van der Waals surface area contributed by atoms with Crippen molar-refractivity contribution in [3.05, 3.63) is 0 Å². The first-order valence-corrected chi connectivity index (χ1v) is 6.62. The molecule has 0 spiro atoms. The van der Waals surface area contributed by atoms with Gasteiger partial charge in [-0.2, -0.15) is 0 Å². The zero-order valence-electron chi connectivity index (χ0n) is 10.8. The van der Waals surface area contributed by atoms with Crippen LogP contribution in [-0.4, -0.2) is 38.0 Å². The molecule has 1 aliphatic heterocycles. The van der Waals surface area contributed by atoms with Crippen LogP contribution in [-0.2, 0) is 0 Å². The van der Waals surface area contributed by atoms with Crippen molar-refractivity contribution in [2.45, 2.75) is 50.4 Å². The van der Waals surface area contributed by atoms with E-state index in [1.807, 2.05) is 21.1 Å². The van der Waals surface area contributed by atoms with Gasteiger partial charge in [-0.05, 0) is 52.7 Å². The molecule has 2 fully saturated rings. The molecule has 0 aromatic rings. The fourth-order valence-electron chi connectivity index (χ4n) is 3.64. The fourth-order valence-corrected chi connectivity index (χ4v) is 3.64. The molecule has 0 aromatic heterocycles. The molecule has 1 aliphatic carbocycles. The number of hydrazine groups is 1. The summed E-state index contributed by atoms with van der Waals surface area (Å²) in [6.07, 6.45) is 8.04. The summed E-state index contributed by atoms with van der Waals surface area (Å²) in [4.78, 5) is 0. The van der Waals surface area contributed by atoms with Crippen LogP contribution in [0.4, 0.5) is 0 Å². The molecule has 1 saturated heterocycles. The van der Waals surface area contributed by atoms with E-state index in [2.05, 4.69) is 21.1 Å². The number of rotatable bonds is 3. The van der Waals surface area contributed by atoms with Gasteiger partial charge in [0, 0.05) is 6.04 Å². The molecule has 94 valence electrons. The molecule has 0 amide bonds. The lowest BCUT2D eigenvalue weighted by molar-refractivity contribution is -0.108. The Morgan fingerprint density at radius 1 is 1.00 bits per heavy atom. The Kier molecular flexibility index (Phi) is 3.85. The molecule has 1 heterocycles. The van der Waals surface area contributed by atoms with Crippen LogP contribution in [0.2, 0.25) is 0 Å². The average Bonchev–Trinajstić information content (AvgIpc) is 2.37. The highest BCUT2D eigenvalue weighted by molar-refractivity contribution is 4.95. The van der Waals surface area contributed by atoms with Crippen LogP contribution in [0.15, 0.2) is 0 Å². The predicted molar refractivity (Wildman–Crippen MR) is 66.7 cm³/mol. The number of nitrogens with one attached hydrogen (secondary N) is 3. The third-order valence-corrected chi connectivity index (χ3v) is 4.56. The first-order valence-electron chi connectivity index (χ1n) is 6.62. The SMILES string of the molecule is CNN1C2CCCCC2CCC1(NC)NC. The summed E-state index contributed by atoms with van der Waals surface area (Å²) in [6.45, 7) is 0. The highest BCUT2D eigenvalue weighted by atomic mass is 15.6. The van der Waals surface area contributed by atoms with Crippen LogP contribution in [0.5, 0.6) is 0 Å². The highest BCUT2D eigenvalue weighted by Crippen LogP contribution is 2.38. The summed E-state index contributed by atoms with van der Waals surface area (Å²) in [5.74, 6) is 0.823. The second-order valence-electron chi connectivity index (χ2n) is 5.10. The van der Waals surface area contributed by atoms with Crippen LogP contribution in [0.1, 0.15) is 38.5 Å². The van der Waals surface area contributed by atoms with Crippen molar-refractivity contribution in [2.24, 2.45) is 5.92 Å². The van der Waals surface area contributed by atoms with E-state index in [1.165, 1.54) is 38.5 Å². The Balaban J connectivity index is 2.18. The van der Waals surface area contributed by atoms with Crippen LogP contribution in [0.25, 0.3) is 0 Å². The van der Waals surface area contributed by atoms with Gasteiger partial charge in [0.15, 0.2) is 0 Å². The van der Waals surface area contributed by atoms with E-state index in [4.69, 9.17) is 0 Å². The normalized spacial score (nSPS) is 34.7. The van der Waals surface area contributed by atoms with Gasteiger partial charge in [-0.15, -0.1) is 0 Å². The second-order valence-corrected chi connectivity index (χ2v) is 5.10. The van der Waals surface area contributed by atoms with Gasteiger partial charge in [-0.25, -0.2) is 5.01 Å². The van der Waals surface area contributed by atoms with Crippen molar-refractivity contribution in [3.63, 3.8) is 0 Å². The monoisotopic (exact) mass is 226 g/mol. The molecule has 2 atom stereocenters. The van der Waals surface area contributed by atoms with Crippen molar-refractivity contribution in [2.75, 3.05) is 21.1 Å². The third-order valence-electron chi connectivity index (χ3n) is 4.56. The Hall–Kier alpha value is -0.160. The quantitative estimate of drug-likeness (QED) is 0.625. The molecular weight excluding hydrogens is 200 g/mol. The van der Waals surface area contributed by atoms with Gasteiger partial charge in [0.1, 0.15) is 5.79 Å². The van der Waals surface area contributed by atoms with Crippen molar-refractivity contribution in [1.82, 2.24) is 21.1 Å². The Labute approximate surface area is 99.1 Å². The molecule has 2 unspecified atom stereocenters. The molecule has 3 N–H and O–H groups in total. The molecule has 0 aromatic carbocycles. The minimum atomic E-state index is -0.0622. The van der Waals surface area contributed by atoms with E-state index in [-0.39, 0.29) is 5.79 Å². The molecule has 1 saturated carbocycles. The van der Waals surface area contributed by atoms with Gasteiger partial charge in [0.05, 0.1) is 0 Å². The van der Waals surface area contributed by atoms with Gasteiger partial charge in [0.25, 0.3) is 0 Å². The van der Waals surface area contributed by atoms with E-state index in [0.717, 1.165) is 5.92 Å². The number of fused-ring (bicyclic) bond motifs is 1. The van der Waals surface area contributed by atoms with Crippen molar-refractivity contribution >= 4 is 0 Å². The van der Waals surface area contributed by atoms with Gasteiger partial charge >= 0.3 is 0 Å². The molecule has 2 aliphatic rings. The molecule has 4 nitrogen and oxygen atoms in total. The summed E-state index contributed by atoms with van der Waals surface area (Å²) in [6, 6.07) is 0.687. The summed E-state index contributed by atoms with van der Waals surface area (Å²) in [7, 11) is 6.13. The first-order chi connectivity index (χ1) is 7.77. The lowest BCUT2D eigenvalue weighted by atomic mass is 9.77. The van der Waals surface area contributed by atoms with E-state index >= 15 is 0 Å². The Bertz CT molecular complexity index is 227. The Morgan fingerprint density at radius 3 is 2.31 bits per heavy atom. The van der Waals surface area contributed by atoms with E-state index < -0.39 is 0 Å². The molecule has 2 rings (SSSR count). The van der Waals surface area contributed by atoms with Crippen molar-refractivity contribution < 1.29 is 0 Å². The maximum absolute atomic E-state index is 3.45. The maximum atomic E-state index is 3.45. The maximum Gasteiger partial charge on any atom is 0.138 e. The molecule has 0 radical (unpaired) electrons. The van der Waals surface area contributed by atoms with E-state index in [9.17, 15) is 0 Å². The van der Waals surface area contributed by atoms with Crippen molar-refractivity contribution in [3.8, 4) is 0 Å². The van der Waals surface area contributed by atoms with Crippen LogP contribution in [0.3, 0.4) is 0 Å². The summed E-state index contributed by atoms with van der Waals surface area (Å²) >= 11 is 0. The predicted octanol–water partition coefficient (Wildman–Crippen LogP) is 0.868. The van der Waals surface area contributed by atoms with Gasteiger partial charge in [0.2, 0.25) is 0 Å². The standard InChI is InChI=1S/C12H26N4/c1-13-12(14-2)9-8-10-6-4-5-7-11(10)16(12)15-3/h10-11,13-15H,4-9H2,1-3H3. The zero-order chi connectivity index (χ0) is 11.6. The van der Waals surface area contributed by atoms with Crippen LogP contribution < -0.4 is 16.1 Å². The molecule has 4 heteroatoms. The largest absolute Gasteiger partial charge is 0.289 e. The number of hydrogen-bond acceptors (Lipinski definition) is 4. The molecular formula is C12H26N4. The van der Waals surface area contributed by atoms with Gasteiger partial charge in [-0.3, -0.25) is 16.1 Å². The van der Waals surface area contributed by atoms with Crippen molar-refractivity contribution in [1.29, 1.82) is 0 Å². The lowest BCUT2D eigenvalue weighted by Gasteiger charge is -2.54. The summed E-state index contributed by atoms with van der Waals surface area (Å²) in [5.41, 5.74) is 3.40. The van der Waals surface area contributed by atoms with E-state index in [0.29, 0.717) is 6.04 Å². The fraction of sp³-hybridized carbons (Fsp3) is 1.00. The minimum Gasteiger partial charge on any atom is -0.289 e. The number of hydrogen-bond donors (Lipinski definition) is 3. The first kappa shape index (κ1) is 12.3. The van der Waals surface area contributed by atoms with E-state index in [1.54, 1.807) is 0 Å². The average molecular weight is 226 g/mol.